The summed E-state index contributed by atoms with van der Waals surface area (Å²) in [5.74, 6) is -1.30. The molecular formula is C25H16ClNO7. The second-order valence-corrected chi connectivity index (χ2v) is 8.10. The van der Waals surface area contributed by atoms with Crippen LogP contribution in [0, 0.1) is 0 Å². The molecule has 170 valence electrons. The number of amides is 1. The van der Waals surface area contributed by atoms with Crippen molar-refractivity contribution < 1.29 is 33.4 Å². The Hall–Kier alpha value is -4.17. The van der Waals surface area contributed by atoms with Gasteiger partial charge in [0, 0.05) is 27.9 Å². The van der Waals surface area contributed by atoms with Crippen LogP contribution >= 0.6 is 11.6 Å². The van der Waals surface area contributed by atoms with Crippen LogP contribution < -0.4 is 14.8 Å². The minimum Gasteiger partial charge on any atom is -0.454 e. The van der Waals surface area contributed by atoms with Gasteiger partial charge in [-0.1, -0.05) is 35.9 Å². The van der Waals surface area contributed by atoms with Gasteiger partial charge >= 0.3 is 5.97 Å². The maximum atomic E-state index is 12.9. The Morgan fingerprint density at radius 3 is 2.35 bits per heavy atom. The minimum absolute atomic E-state index is 0.00712. The zero-order chi connectivity index (χ0) is 24.0. The van der Waals surface area contributed by atoms with Crippen LogP contribution in [0.25, 0.3) is 0 Å². The lowest BCUT2D eigenvalue weighted by atomic mass is 9.84. The molecule has 1 aliphatic carbocycles. The fraction of sp³-hybridized carbons (Fsp3) is 0.120. The predicted molar refractivity (Wildman–Crippen MR) is 121 cm³/mol. The van der Waals surface area contributed by atoms with Gasteiger partial charge in [-0.3, -0.25) is 14.4 Å². The van der Waals surface area contributed by atoms with E-state index in [0.717, 1.165) is 0 Å². The first-order valence-electron chi connectivity index (χ1n) is 10.3. The molecule has 5 rings (SSSR count). The molecule has 1 atom stereocenters. The smallest absolute Gasteiger partial charge is 0.339 e. The van der Waals surface area contributed by atoms with E-state index >= 15 is 0 Å². The molecule has 0 aromatic heterocycles. The molecular weight excluding hydrogens is 462 g/mol. The normalized spacial score (nSPS) is 14.2. The summed E-state index contributed by atoms with van der Waals surface area (Å²) in [7, 11) is 0. The number of hydrogen-bond donors (Lipinski definition) is 1. The molecule has 2 aliphatic rings. The van der Waals surface area contributed by atoms with Crippen LogP contribution in [-0.4, -0.2) is 36.3 Å². The number of rotatable bonds is 4. The first kappa shape index (κ1) is 21.7. The zero-order valence-corrected chi connectivity index (χ0v) is 18.5. The Balaban J connectivity index is 1.30. The minimum atomic E-state index is -1.16. The van der Waals surface area contributed by atoms with Crippen molar-refractivity contribution in [1.29, 1.82) is 0 Å². The van der Waals surface area contributed by atoms with Crippen molar-refractivity contribution in [1.82, 2.24) is 0 Å². The number of esters is 1. The molecule has 0 spiro atoms. The summed E-state index contributed by atoms with van der Waals surface area (Å²) in [6.45, 7) is 1.40. The van der Waals surface area contributed by atoms with Crippen molar-refractivity contribution in [2.24, 2.45) is 0 Å². The van der Waals surface area contributed by atoms with Crippen LogP contribution in [-0.2, 0) is 9.53 Å². The first-order chi connectivity index (χ1) is 16.3. The summed E-state index contributed by atoms with van der Waals surface area (Å²) in [5.41, 5.74) is 1.51. The lowest BCUT2D eigenvalue weighted by Crippen LogP contribution is -2.30. The van der Waals surface area contributed by atoms with Crippen molar-refractivity contribution >= 4 is 40.7 Å². The maximum absolute atomic E-state index is 12.9. The summed E-state index contributed by atoms with van der Waals surface area (Å²) < 4.78 is 15.7. The number of ether oxygens (including phenoxy) is 3. The van der Waals surface area contributed by atoms with Gasteiger partial charge in [0.05, 0.1) is 10.6 Å². The molecule has 1 aliphatic heterocycles. The van der Waals surface area contributed by atoms with Gasteiger partial charge in [-0.05, 0) is 37.3 Å². The molecule has 1 amide bonds. The molecule has 3 aromatic rings. The van der Waals surface area contributed by atoms with Gasteiger partial charge < -0.3 is 19.5 Å². The highest BCUT2D eigenvalue weighted by molar-refractivity contribution is 6.32. The maximum Gasteiger partial charge on any atom is 0.339 e. The molecule has 0 radical (unpaired) electrons. The standard InChI is InChI=1S/C25H16ClNO7/c1-12(34-25(31)13-8-19(26)23-20(9-13)32-11-33-23)24(30)27-14-6-7-17-18(10-14)22(29)16-5-3-2-4-15(16)21(17)28/h2-10,12H,11H2,1H3,(H,27,30). The largest absolute Gasteiger partial charge is 0.454 e. The number of fused-ring (bicyclic) bond motifs is 3. The van der Waals surface area contributed by atoms with Crippen LogP contribution in [0.4, 0.5) is 5.69 Å². The number of nitrogens with one attached hydrogen (secondary N) is 1. The Bertz CT molecular complexity index is 1400. The van der Waals surface area contributed by atoms with Crippen LogP contribution in [0.5, 0.6) is 11.5 Å². The van der Waals surface area contributed by atoms with Gasteiger partial charge in [-0.2, -0.15) is 0 Å². The summed E-state index contributed by atoms with van der Waals surface area (Å²) in [6.07, 6.45) is -1.16. The molecule has 8 nitrogen and oxygen atoms in total. The van der Waals surface area contributed by atoms with E-state index in [4.69, 9.17) is 25.8 Å². The van der Waals surface area contributed by atoms with E-state index < -0.39 is 18.0 Å². The molecule has 1 unspecified atom stereocenters. The van der Waals surface area contributed by atoms with Crippen LogP contribution in [0.2, 0.25) is 5.02 Å². The Morgan fingerprint density at radius 1 is 0.941 bits per heavy atom. The van der Waals surface area contributed by atoms with E-state index in [1.807, 2.05) is 0 Å². The van der Waals surface area contributed by atoms with Crippen molar-refractivity contribution in [2.45, 2.75) is 13.0 Å². The Labute approximate surface area is 198 Å². The van der Waals surface area contributed by atoms with E-state index in [1.54, 1.807) is 24.3 Å². The van der Waals surface area contributed by atoms with E-state index in [9.17, 15) is 19.2 Å². The quantitative estimate of drug-likeness (QED) is 0.442. The van der Waals surface area contributed by atoms with Gasteiger partial charge in [-0.25, -0.2) is 4.79 Å². The summed E-state index contributed by atoms with van der Waals surface area (Å²) in [6, 6.07) is 13.8. The van der Waals surface area contributed by atoms with Gasteiger partial charge in [-0.15, -0.1) is 0 Å². The molecule has 1 N–H and O–H groups in total. The van der Waals surface area contributed by atoms with Crippen LogP contribution in [0.1, 0.15) is 49.1 Å². The van der Waals surface area contributed by atoms with Gasteiger partial charge in [0.2, 0.25) is 6.79 Å². The first-order valence-corrected chi connectivity index (χ1v) is 10.6. The summed E-state index contributed by atoms with van der Waals surface area (Å²) in [4.78, 5) is 50.7. The van der Waals surface area contributed by atoms with E-state index in [-0.39, 0.29) is 40.1 Å². The molecule has 3 aromatic carbocycles. The van der Waals surface area contributed by atoms with Gasteiger partial charge in [0.15, 0.2) is 29.2 Å². The van der Waals surface area contributed by atoms with Crippen molar-refractivity contribution in [3.05, 3.63) is 87.4 Å². The number of carbonyl (C=O) groups excluding carboxylic acids is 4. The van der Waals surface area contributed by atoms with Gasteiger partial charge in [0.1, 0.15) is 0 Å². The Morgan fingerprint density at radius 2 is 1.62 bits per heavy atom. The second-order valence-electron chi connectivity index (χ2n) is 7.69. The van der Waals surface area contributed by atoms with E-state index in [1.165, 1.54) is 37.3 Å². The van der Waals surface area contributed by atoms with Gasteiger partial charge in [0.25, 0.3) is 5.91 Å². The zero-order valence-electron chi connectivity index (χ0n) is 17.7. The third-order valence-corrected chi connectivity index (χ3v) is 5.79. The lowest BCUT2D eigenvalue weighted by molar-refractivity contribution is -0.123. The van der Waals surface area contributed by atoms with E-state index in [2.05, 4.69) is 5.32 Å². The average Bonchev–Trinajstić information content (AvgIpc) is 3.32. The molecule has 0 saturated heterocycles. The second kappa shape index (κ2) is 8.31. The SMILES string of the molecule is CC(OC(=O)c1cc(Cl)c2c(c1)OCO2)C(=O)Nc1ccc2c(c1)C(=O)c1ccccc1C2=O. The number of hydrogen-bond acceptors (Lipinski definition) is 7. The fourth-order valence-electron chi connectivity index (χ4n) is 3.79. The van der Waals surface area contributed by atoms with Crippen molar-refractivity contribution in [3.63, 3.8) is 0 Å². The highest BCUT2D eigenvalue weighted by atomic mass is 35.5. The number of anilines is 1. The lowest BCUT2D eigenvalue weighted by Gasteiger charge is -2.19. The molecule has 34 heavy (non-hydrogen) atoms. The highest BCUT2D eigenvalue weighted by Gasteiger charge is 2.30. The third-order valence-electron chi connectivity index (χ3n) is 5.51. The topological polar surface area (TPSA) is 108 Å². The predicted octanol–water partition coefficient (Wildman–Crippen LogP) is 4.03. The number of ketones is 2. The monoisotopic (exact) mass is 477 g/mol. The van der Waals surface area contributed by atoms with E-state index in [0.29, 0.717) is 28.3 Å². The molecule has 0 saturated carbocycles. The number of halogens is 1. The van der Waals surface area contributed by atoms with Crippen molar-refractivity contribution in [3.8, 4) is 11.5 Å². The number of benzene rings is 3. The third kappa shape index (κ3) is 3.68. The molecule has 9 heteroatoms. The summed E-state index contributed by atoms with van der Waals surface area (Å²) >= 11 is 6.09. The molecule has 1 heterocycles. The molecule has 0 bridgehead atoms. The average molecular weight is 478 g/mol. The van der Waals surface area contributed by atoms with Crippen LogP contribution in [0.3, 0.4) is 0 Å². The van der Waals surface area contributed by atoms with Crippen molar-refractivity contribution in [2.75, 3.05) is 12.1 Å². The summed E-state index contributed by atoms with van der Waals surface area (Å²) in [5, 5.41) is 2.80. The van der Waals surface area contributed by atoms with Crippen LogP contribution in [0.15, 0.2) is 54.6 Å². The number of carbonyl (C=O) groups is 4. The Kier molecular flexibility index (Phi) is 5.30. The molecule has 0 fully saturated rings. The highest BCUT2D eigenvalue weighted by Crippen LogP contribution is 2.40. The fourth-order valence-corrected chi connectivity index (χ4v) is 4.05.